The fourth-order valence-electron chi connectivity index (χ4n) is 4.24. The van der Waals surface area contributed by atoms with Crippen molar-refractivity contribution in [2.75, 3.05) is 19.7 Å². The van der Waals surface area contributed by atoms with Crippen LogP contribution in [0.3, 0.4) is 0 Å². The Kier molecular flexibility index (Phi) is 7.17. The molecule has 0 N–H and O–H groups in total. The summed E-state index contributed by atoms with van der Waals surface area (Å²) in [6.45, 7) is 10.4. The molecule has 0 spiro atoms. The van der Waals surface area contributed by atoms with Gasteiger partial charge in [0.2, 0.25) is 5.91 Å². The van der Waals surface area contributed by atoms with Crippen molar-refractivity contribution < 1.29 is 13.9 Å². The summed E-state index contributed by atoms with van der Waals surface area (Å²) < 4.78 is 19.1. The molecule has 0 saturated carbocycles. The molecule has 0 atom stereocenters. The Bertz CT molecular complexity index is 852. The predicted molar refractivity (Wildman–Crippen MR) is 119 cm³/mol. The monoisotopic (exact) mass is 411 g/mol. The third kappa shape index (κ3) is 5.62. The molecule has 0 radical (unpaired) electrons. The van der Waals surface area contributed by atoms with Gasteiger partial charge in [0, 0.05) is 18.5 Å². The first-order chi connectivity index (χ1) is 14.3. The minimum absolute atomic E-state index is 0.199. The Balaban J connectivity index is 1.46. The number of rotatable bonds is 7. The van der Waals surface area contributed by atoms with Crippen LogP contribution in [-0.2, 0) is 4.79 Å². The fourth-order valence-corrected chi connectivity index (χ4v) is 4.24. The molecule has 0 unspecified atom stereocenters. The zero-order valence-corrected chi connectivity index (χ0v) is 18.7. The van der Waals surface area contributed by atoms with Crippen LogP contribution in [0.15, 0.2) is 42.5 Å². The Morgan fingerprint density at radius 2 is 1.77 bits per heavy atom. The average Bonchev–Trinajstić information content (AvgIpc) is 2.74. The minimum Gasteiger partial charge on any atom is -0.493 e. The first-order valence-electron chi connectivity index (χ1n) is 11.0. The Labute approximate surface area is 180 Å². The van der Waals surface area contributed by atoms with Crippen molar-refractivity contribution in [2.24, 2.45) is 5.41 Å². The molecule has 1 aliphatic rings. The van der Waals surface area contributed by atoms with Crippen LogP contribution in [-0.4, -0.2) is 30.5 Å². The van der Waals surface area contributed by atoms with Gasteiger partial charge in [-0.25, -0.2) is 4.39 Å². The van der Waals surface area contributed by atoms with E-state index in [4.69, 9.17) is 4.74 Å². The smallest absolute Gasteiger partial charge is 0.228 e. The first kappa shape index (κ1) is 22.3. The molecule has 2 aromatic carbocycles. The number of carbonyl (C=O) groups is 1. The second-order valence-electron chi connectivity index (χ2n) is 9.22. The van der Waals surface area contributed by atoms with Crippen LogP contribution in [0.1, 0.15) is 62.1 Å². The lowest BCUT2D eigenvalue weighted by Crippen LogP contribution is -2.45. The standard InChI is InChI=1S/C26H34FNO2/c1-19-6-7-20(2)24(18-19)30-17-5-14-26(3,4)25(29)28-15-12-22(13-16-28)21-8-10-23(27)11-9-21/h6-11,18,22H,5,12-17H2,1-4H3. The van der Waals surface area contributed by atoms with E-state index in [2.05, 4.69) is 32.0 Å². The van der Waals surface area contributed by atoms with E-state index in [1.807, 2.05) is 30.9 Å². The van der Waals surface area contributed by atoms with Crippen molar-refractivity contribution in [1.29, 1.82) is 0 Å². The van der Waals surface area contributed by atoms with Crippen molar-refractivity contribution in [3.63, 3.8) is 0 Å². The van der Waals surface area contributed by atoms with Gasteiger partial charge < -0.3 is 9.64 Å². The van der Waals surface area contributed by atoms with Crippen molar-refractivity contribution in [3.8, 4) is 5.75 Å². The number of amides is 1. The van der Waals surface area contributed by atoms with Crippen LogP contribution in [0.4, 0.5) is 4.39 Å². The molecule has 162 valence electrons. The summed E-state index contributed by atoms with van der Waals surface area (Å²) in [4.78, 5) is 15.1. The Morgan fingerprint density at radius 1 is 1.10 bits per heavy atom. The fraction of sp³-hybridized carbons (Fsp3) is 0.500. The van der Waals surface area contributed by atoms with Crippen molar-refractivity contribution in [3.05, 3.63) is 65.0 Å². The molecule has 4 heteroatoms. The molecule has 1 saturated heterocycles. The van der Waals surface area contributed by atoms with Crippen LogP contribution in [0.2, 0.25) is 0 Å². The molecule has 3 rings (SSSR count). The number of halogens is 1. The molecule has 1 fully saturated rings. The predicted octanol–water partition coefficient (Wildman–Crippen LogP) is 6.03. The van der Waals surface area contributed by atoms with Crippen LogP contribution in [0.5, 0.6) is 5.75 Å². The molecule has 0 aliphatic carbocycles. The molecular weight excluding hydrogens is 377 g/mol. The normalized spacial score (nSPS) is 15.3. The summed E-state index contributed by atoms with van der Waals surface area (Å²) in [5.41, 5.74) is 3.11. The molecule has 30 heavy (non-hydrogen) atoms. The number of carbonyl (C=O) groups excluding carboxylic acids is 1. The van der Waals surface area contributed by atoms with E-state index in [0.717, 1.165) is 50.1 Å². The summed E-state index contributed by atoms with van der Waals surface area (Å²) >= 11 is 0. The van der Waals surface area contributed by atoms with Crippen molar-refractivity contribution >= 4 is 5.91 Å². The molecule has 2 aromatic rings. The highest BCUT2D eigenvalue weighted by Gasteiger charge is 2.33. The lowest BCUT2D eigenvalue weighted by molar-refractivity contribution is -0.142. The lowest BCUT2D eigenvalue weighted by atomic mass is 9.84. The second kappa shape index (κ2) is 9.63. The number of hydrogen-bond acceptors (Lipinski definition) is 2. The molecule has 3 nitrogen and oxygen atoms in total. The van der Waals surface area contributed by atoms with Gasteiger partial charge >= 0.3 is 0 Å². The quantitative estimate of drug-likeness (QED) is 0.520. The number of ether oxygens (including phenoxy) is 1. The first-order valence-corrected chi connectivity index (χ1v) is 11.0. The lowest BCUT2D eigenvalue weighted by Gasteiger charge is -2.37. The number of aryl methyl sites for hydroxylation is 2. The molecule has 0 aromatic heterocycles. The van der Waals surface area contributed by atoms with E-state index in [9.17, 15) is 9.18 Å². The molecule has 1 amide bonds. The summed E-state index contributed by atoms with van der Waals surface area (Å²) in [6, 6.07) is 13.0. The third-order valence-electron chi connectivity index (χ3n) is 6.25. The molecule has 1 heterocycles. The van der Waals surface area contributed by atoms with Gasteiger partial charge in [-0.2, -0.15) is 0 Å². The number of piperidine rings is 1. The number of hydrogen-bond donors (Lipinski definition) is 0. The summed E-state index contributed by atoms with van der Waals surface area (Å²) in [5.74, 6) is 1.37. The maximum Gasteiger partial charge on any atom is 0.228 e. The molecule has 0 bridgehead atoms. The maximum absolute atomic E-state index is 13.2. The van der Waals surface area contributed by atoms with Crippen molar-refractivity contribution in [2.45, 2.75) is 59.3 Å². The molecular formula is C26H34FNO2. The van der Waals surface area contributed by atoms with Gasteiger partial charge in [0.25, 0.3) is 0 Å². The zero-order chi connectivity index (χ0) is 21.7. The average molecular weight is 412 g/mol. The van der Waals surface area contributed by atoms with Gasteiger partial charge in [-0.1, -0.05) is 38.1 Å². The zero-order valence-electron chi connectivity index (χ0n) is 18.7. The van der Waals surface area contributed by atoms with Crippen molar-refractivity contribution in [1.82, 2.24) is 4.90 Å². The highest BCUT2D eigenvalue weighted by atomic mass is 19.1. The Hall–Kier alpha value is -2.36. The number of benzene rings is 2. The van der Waals surface area contributed by atoms with Gasteiger partial charge in [-0.3, -0.25) is 4.79 Å². The maximum atomic E-state index is 13.2. The van der Waals surface area contributed by atoms with Crippen LogP contribution >= 0.6 is 0 Å². The van der Waals surface area contributed by atoms with E-state index in [1.54, 1.807) is 0 Å². The van der Waals surface area contributed by atoms with Gasteiger partial charge in [-0.05, 0) is 80.3 Å². The van der Waals surface area contributed by atoms with E-state index in [0.29, 0.717) is 12.5 Å². The highest BCUT2D eigenvalue weighted by molar-refractivity contribution is 5.82. The number of nitrogens with zero attached hydrogens (tertiary/aromatic N) is 1. The SMILES string of the molecule is Cc1ccc(C)c(OCCCC(C)(C)C(=O)N2CCC(c3ccc(F)cc3)CC2)c1. The van der Waals surface area contributed by atoms with Gasteiger partial charge in [0.15, 0.2) is 0 Å². The summed E-state index contributed by atoms with van der Waals surface area (Å²) in [6.07, 6.45) is 3.51. The second-order valence-corrected chi connectivity index (χ2v) is 9.22. The largest absolute Gasteiger partial charge is 0.493 e. The van der Waals surface area contributed by atoms with Gasteiger partial charge in [-0.15, -0.1) is 0 Å². The Morgan fingerprint density at radius 3 is 2.43 bits per heavy atom. The molecule has 1 aliphatic heterocycles. The third-order valence-corrected chi connectivity index (χ3v) is 6.25. The van der Waals surface area contributed by atoms with E-state index in [1.165, 1.54) is 23.3 Å². The van der Waals surface area contributed by atoms with Crippen LogP contribution in [0.25, 0.3) is 0 Å². The minimum atomic E-state index is -0.395. The summed E-state index contributed by atoms with van der Waals surface area (Å²) in [7, 11) is 0. The number of likely N-dealkylation sites (tertiary alicyclic amines) is 1. The van der Waals surface area contributed by atoms with E-state index >= 15 is 0 Å². The van der Waals surface area contributed by atoms with E-state index < -0.39 is 5.41 Å². The topological polar surface area (TPSA) is 29.5 Å². The summed E-state index contributed by atoms with van der Waals surface area (Å²) in [5, 5.41) is 0. The van der Waals surface area contributed by atoms with E-state index in [-0.39, 0.29) is 11.7 Å². The van der Waals surface area contributed by atoms with Gasteiger partial charge in [0.1, 0.15) is 11.6 Å². The highest BCUT2D eigenvalue weighted by Crippen LogP contribution is 2.32. The van der Waals surface area contributed by atoms with Gasteiger partial charge in [0.05, 0.1) is 6.61 Å². The van der Waals surface area contributed by atoms with Crippen LogP contribution in [0, 0.1) is 25.1 Å². The van der Waals surface area contributed by atoms with Crippen LogP contribution < -0.4 is 4.74 Å².